The van der Waals surface area contributed by atoms with E-state index >= 15 is 0 Å². The van der Waals surface area contributed by atoms with Gasteiger partial charge in [0.25, 0.3) is 5.56 Å². The molecule has 11 heteroatoms. The van der Waals surface area contributed by atoms with E-state index in [1.165, 1.54) is 23.4 Å². The second-order valence-electron chi connectivity index (χ2n) is 6.52. The highest BCUT2D eigenvalue weighted by Gasteiger charge is 2.20. The third-order valence-corrected chi connectivity index (χ3v) is 5.51. The van der Waals surface area contributed by atoms with Gasteiger partial charge in [0.1, 0.15) is 18.5 Å². The lowest BCUT2D eigenvalue weighted by atomic mass is 10.3. The summed E-state index contributed by atoms with van der Waals surface area (Å²) in [4.78, 5) is 31.1. The Morgan fingerprint density at radius 2 is 2.07 bits per heavy atom. The lowest BCUT2D eigenvalue weighted by Gasteiger charge is -2.15. The molecule has 0 aliphatic heterocycles. The normalized spacial score (nSPS) is 13.0. The fraction of sp³-hybridized carbons (Fsp3) is 0.316. The Balaban J connectivity index is 1.88. The molecular weight excluding hydrogens is 451 g/mol. The Morgan fingerprint density at radius 3 is 2.73 bits per heavy atom. The maximum Gasteiger partial charge on any atom is 0.329 e. The van der Waals surface area contributed by atoms with Gasteiger partial charge in [0.15, 0.2) is 16.3 Å². The van der Waals surface area contributed by atoms with Gasteiger partial charge in [-0.25, -0.2) is 9.78 Å². The van der Waals surface area contributed by atoms with Crippen molar-refractivity contribution >= 4 is 46.1 Å². The lowest BCUT2D eigenvalue weighted by Crippen LogP contribution is -2.30. The first-order valence-corrected chi connectivity index (χ1v) is 10.7. The minimum absolute atomic E-state index is 0.00419. The van der Waals surface area contributed by atoms with Crippen molar-refractivity contribution in [2.45, 2.75) is 24.7 Å². The summed E-state index contributed by atoms with van der Waals surface area (Å²) in [5, 5.41) is 12.2. The van der Waals surface area contributed by atoms with Crippen molar-refractivity contribution in [3.8, 4) is 5.75 Å². The van der Waals surface area contributed by atoms with Gasteiger partial charge >= 0.3 is 5.69 Å². The van der Waals surface area contributed by atoms with Crippen molar-refractivity contribution < 1.29 is 9.84 Å². The van der Waals surface area contributed by atoms with Crippen molar-refractivity contribution in [3.63, 3.8) is 0 Å². The summed E-state index contributed by atoms with van der Waals surface area (Å²) in [7, 11) is 1.52. The van der Waals surface area contributed by atoms with Crippen molar-refractivity contribution in [2.75, 3.05) is 12.4 Å². The first-order chi connectivity index (χ1) is 14.3. The Labute approximate surface area is 186 Å². The van der Waals surface area contributed by atoms with Gasteiger partial charge in [0.05, 0.1) is 6.54 Å². The average Bonchev–Trinajstić information content (AvgIpc) is 3.04. The molecular formula is C19H20Cl2N4O4S. The summed E-state index contributed by atoms with van der Waals surface area (Å²) in [6.07, 6.45) is 0.874. The van der Waals surface area contributed by atoms with Gasteiger partial charge in [-0.1, -0.05) is 41.0 Å². The van der Waals surface area contributed by atoms with Crippen LogP contribution in [0.2, 0.25) is 5.02 Å². The standard InChI is InChI=1S/C19H20Cl2N4O4S/c1-11(20)7-8-30-19-22-16-15(17(27)23-18(28)24(16)2)25(19)9-13(26)10-29-14-5-3-12(21)4-6-14/h3-7,13,26H,8-10H2,1-2H3,(H,23,27,28)/b11-7-. The second-order valence-corrected chi connectivity index (χ2v) is 8.54. The number of rotatable bonds is 8. The molecule has 0 radical (unpaired) electrons. The van der Waals surface area contributed by atoms with Gasteiger partial charge in [-0.3, -0.25) is 14.3 Å². The first-order valence-electron chi connectivity index (χ1n) is 8.97. The summed E-state index contributed by atoms with van der Waals surface area (Å²) in [6, 6.07) is 6.77. The molecule has 30 heavy (non-hydrogen) atoms. The molecule has 1 atom stereocenters. The number of aromatic nitrogens is 4. The van der Waals surface area contributed by atoms with E-state index in [2.05, 4.69) is 9.97 Å². The van der Waals surface area contributed by atoms with Crippen molar-refractivity contribution in [1.29, 1.82) is 0 Å². The van der Waals surface area contributed by atoms with Gasteiger partial charge in [0.2, 0.25) is 0 Å². The van der Waals surface area contributed by atoms with E-state index in [-0.39, 0.29) is 24.3 Å². The van der Waals surface area contributed by atoms with Crippen molar-refractivity contribution in [3.05, 3.63) is 61.2 Å². The topological polar surface area (TPSA) is 102 Å². The number of benzene rings is 1. The summed E-state index contributed by atoms with van der Waals surface area (Å²) in [6.45, 7) is 1.81. The minimum Gasteiger partial charge on any atom is -0.491 e. The predicted molar refractivity (Wildman–Crippen MR) is 119 cm³/mol. The number of nitrogens with zero attached hydrogens (tertiary/aromatic N) is 3. The summed E-state index contributed by atoms with van der Waals surface area (Å²) in [5.41, 5.74) is -0.681. The van der Waals surface area contributed by atoms with E-state index in [1.807, 2.05) is 0 Å². The molecule has 160 valence electrons. The molecule has 2 N–H and O–H groups in total. The van der Waals surface area contributed by atoms with E-state index in [0.717, 1.165) is 0 Å². The SMILES string of the molecule is C/C(Cl)=C/CSc1nc2c(c(=O)[nH]c(=O)n2C)n1CC(O)COc1ccc(Cl)cc1. The zero-order chi connectivity index (χ0) is 21.8. The average molecular weight is 471 g/mol. The third kappa shape index (κ3) is 5.28. The smallest absolute Gasteiger partial charge is 0.329 e. The predicted octanol–water partition coefficient (Wildman–Crippen LogP) is 2.75. The van der Waals surface area contributed by atoms with Crippen LogP contribution in [0.1, 0.15) is 6.92 Å². The number of imidazole rings is 1. The highest BCUT2D eigenvalue weighted by molar-refractivity contribution is 7.99. The molecule has 3 aromatic rings. The van der Waals surface area contributed by atoms with Crippen LogP contribution in [0.3, 0.4) is 0 Å². The zero-order valence-corrected chi connectivity index (χ0v) is 18.6. The largest absolute Gasteiger partial charge is 0.491 e. The third-order valence-electron chi connectivity index (χ3n) is 4.20. The molecule has 0 aliphatic carbocycles. The van der Waals surface area contributed by atoms with E-state index in [9.17, 15) is 14.7 Å². The maximum absolute atomic E-state index is 12.5. The Hall–Kier alpha value is -2.20. The number of hydrogen-bond acceptors (Lipinski definition) is 6. The zero-order valence-electron chi connectivity index (χ0n) is 16.3. The number of fused-ring (bicyclic) bond motifs is 1. The van der Waals surface area contributed by atoms with Gasteiger partial charge < -0.3 is 14.4 Å². The summed E-state index contributed by atoms with van der Waals surface area (Å²) in [5.74, 6) is 1.08. The van der Waals surface area contributed by atoms with Gasteiger partial charge in [0, 0.05) is 22.9 Å². The molecule has 0 amide bonds. The fourth-order valence-electron chi connectivity index (χ4n) is 2.71. The van der Waals surface area contributed by atoms with E-state index in [4.69, 9.17) is 27.9 Å². The number of allylic oxidation sites excluding steroid dienone is 1. The molecule has 2 aromatic heterocycles. The van der Waals surface area contributed by atoms with Crippen LogP contribution in [-0.4, -0.2) is 42.7 Å². The van der Waals surface area contributed by atoms with Gasteiger partial charge in [-0.2, -0.15) is 0 Å². The number of aliphatic hydroxyl groups is 1. The van der Waals surface area contributed by atoms with Crippen LogP contribution in [-0.2, 0) is 13.6 Å². The van der Waals surface area contributed by atoms with Crippen LogP contribution in [0.15, 0.2) is 50.1 Å². The second kappa shape index (κ2) is 9.74. The van der Waals surface area contributed by atoms with Crippen molar-refractivity contribution in [2.24, 2.45) is 7.05 Å². The van der Waals surface area contributed by atoms with Crippen LogP contribution < -0.4 is 16.0 Å². The Morgan fingerprint density at radius 1 is 1.37 bits per heavy atom. The summed E-state index contributed by atoms with van der Waals surface area (Å²) >= 11 is 13.1. The highest BCUT2D eigenvalue weighted by Crippen LogP contribution is 2.23. The maximum atomic E-state index is 12.5. The van der Waals surface area contributed by atoms with Crippen LogP contribution >= 0.6 is 35.0 Å². The van der Waals surface area contributed by atoms with Crippen LogP contribution in [0.25, 0.3) is 11.2 Å². The first kappa shape index (κ1) is 22.5. The van der Waals surface area contributed by atoms with E-state index in [0.29, 0.717) is 26.7 Å². The molecule has 0 fully saturated rings. The number of halogens is 2. The Kier molecular flexibility index (Phi) is 7.30. The number of aryl methyl sites for hydroxylation is 1. The number of aromatic amines is 1. The fourth-order valence-corrected chi connectivity index (χ4v) is 3.96. The lowest BCUT2D eigenvalue weighted by molar-refractivity contribution is 0.0914. The van der Waals surface area contributed by atoms with Gasteiger partial charge in [-0.05, 0) is 31.2 Å². The van der Waals surface area contributed by atoms with Gasteiger partial charge in [-0.15, -0.1) is 0 Å². The highest BCUT2D eigenvalue weighted by atomic mass is 35.5. The van der Waals surface area contributed by atoms with Crippen molar-refractivity contribution in [1.82, 2.24) is 19.1 Å². The van der Waals surface area contributed by atoms with Crippen LogP contribution in [0.4, 0.5) is 0 Å². The molecule has 0 bridgehead atoms. The van der Waals surface area contributed by atoms with Crippen LogP contribution in [0, 0.1) is 0 Å². The number of H-pyrrole nitrogens is 1. The van der Waals surface area contributed by atoms with Crippen LogP contribution in [0.5, 0.6) is 5.75 Å². The summed E-state index contributed by atoms with van der Waals surface area (Å²) < 4.78 is 8.44. The monoisotopic (exact) mass is 470 g/mol. The molecule has 1 unspecified atom stereocenters. The van der Waals surface area contributed by atoms with E-state index < -0.39 is 17.4 Å². The number of thioether (sulfide) groups is 1. The molecule has 3 rings (SSSR count). The molecule has 0 saturated carbocycles. The minimum atomic E-state index is -0.931. The number of hydrogen-bond donors (Lipinski definition) is 2. The quantitative estimate of drug-likeness (QED) is 0.490. The number of nitrogens with one attached hydrogen (secondary N) is 1. The van der Waals surface area contributed by atoms with E-state index in [1.54, 1.807) is 41.8 Å². The molecule has 2 heterocycles. The Bertz CT molecular complexity index is 1180. The molecule has 8 nitrogen and oxygen atoms in total. The molecule has 0 aliphatic rings. The molecule has 1 aromatic carbocycles. The number of aliphatic hydroxyl groups excluding tert-OH is 1. The molecule has 0 spiro atoms. The number of ether oxygens (including phenoxy) is 1. The molecule has 0 saturated heterocycles.